The Morgan fingerprint density at radius 3 is 2.65 bits per heavy atom. The molecule has 0 saturated carbocycles. The topological polar surface area (TPSA) is 34.9 Å². The first-order chi connectivity index (χ1) is 9.50. The molecule has 0 amide bonds. The van der Waals surface area contributed by atoms with Gasteiger partial charge in [-0.25, -0.2) is 4.79 Å². The van der Waals surface area contributed by atoms with Gasteiger partial charge in [0.2, 0.25) is 0 Å². The molecular weight excluding hydrogens is 315 g/mol. The molecular formula is C14H10Cl2N2OS. The minimum atomic E-state index is -0.315. The summed E-state index contributed by atoms with van der Waals surface area (Å²) < 4.78 is 2.18. The first kappa shape index (κ1) is 13.6. The van der Waals surface area contributed by atoms with Crippen molar-refractivity contribution in [3.05, 3.63) is 49.7 Å². The van der Waals surface area contributed by atoms with E-state index < -0.39 is 0 Å². The molecule has 2 aromatic heterocycles. The number of thiophene rings is 1. The summed E-state index contributed by atoms with van der Waals surface area (Å²) in [6.45, 7) is 1.92. The molecule has 0 spiro atoms. The van der Waals surface area contributed by atoms with E-state index in [2.05, 4.69) is 4.98 Å². The summed E-state index contributed by atoms with van der Waals surface area (Å²) >= 11 is 13.8. The van der Waals surface area contributed by atoms with Gasteiger partial charge < -0.3 is 0 Å². The number of hydrogen-bond acceptors (Lipinski definition) is 3. The van der Waals surface area contributed by atoms with E-state index in [-0.39, 0.29) is 5.69 Å². The summed E-state index contributed by atoms with van der Waals surface area (Å²) in [5.74, 6) is 0. The molecule has 6 heteroatoms. The van der Waals surface area contributed by atoms with Gasteiger partial charge in [0.15, 0.2) is 0 Å². The Balaban J connectivity index is 2.51. The van der Waals surface area contributed by atoms with Gasteiger partial charge in [0, 0.05) is 23.0 Å². The van der Waals surface area contributed by atoms with Crippen LogP contribution in [0.25, 0.3) is 21.5 Å². The van der Waals surface area contributed by atoms with E-state index in [9.17, 15) is 4.79 Å². The van der Waals surface area contributed by atoms with Crippen LogP contribution in [0.5, 0.6) is 0 Å². The maximum atomic E-state index is 12.0. The molecule has 3 rings (SSSR count). The van der Waals surface area contributed by atoms with Crippen molar-refractivity contribution in [2.45, 2.75) is 6.92 Å². The second kappa shape index (κ2) is 4.88. The minimum Gasteiger partial charge on any atom is -0.286 e. The van der Waals surface area contributed by atoms with E-state index in [0.717, 1.165) is 21.3 Å². The fourth-order valence-corrected chi connectivity index (χ4v) is 3.68. The Kier molecular flexibility index (Phi) is 3.32. The van der Waals surface area contributed by atoms with Crippen molar-refractivity contribution in [2.24, 2.45) is 7.05 Å². The average molecular weight is 325 g/mol. The molecule has 3 nitrogen and oxygen atoms in total. The van der Waals surface area contributed by atoms with Crippen molar-refractivity contribution < 1.29 is 0 Å². The van der Waals surface area contributed by atoms with Gasteiger partial charge in [-0.1, -0.05) is 41.4 Å². The van der Waals surface area contributed by atoms with Crippen LogP contribution < -0.4 is 5.69 Å². The van der Waals surface area contributed by atoms with E-state index in [4.69, 9.17) is 23.2 Å². The van der Waals surface area contributed by atoms with Crippen LogP contribution in [0.3, 0.4) is 0 Å². The molecule has 0 aliphatic rings. The number of aryl methyl sites for hydroxylation is 2. The van der Waals surface area contributed by atoms with Gasteiger partial charge in [-0.3, -0.25) is 4.57 Å². The predicted molar refractivity (Wildman–Crippen MR) is 85.1 cm³/mol. The third kappa shape index (κ3) is 1.95. The van der Waals surface area contributed by atoms with Crippen molar-refractivity contribution in [2.75, 3.05) is 0 Å². The van der Waals surface area contributed by atoms with Crippen LogP contribution in [0.15, 0.2) is 29.1 Å². The third-order valence-corrected chi connectivity index (χ3v) is 5.24. The second-order valence-electron chi connectivity index (χ2n) is 4.46. The number of fused-ring (bicyclic) bond motifs is 1. The lowest BCUT2D eigenvalue weighted by Gasteiger charge is -2.08. The maximum absolute atomic E-state index is 12.0. The van der Waals surface area contributed by atoms with E-state index in [1.54, 1.807) is 13.1 Å². The van der Waals surface area contributed by atoms with Gasteiger partial charge >= 0.3 is 5.69 Å². The largest absolute Gasteiger partial charge is 0.348 e. The number of halogens is 2. The van der Waals surface area contributed by atoms with Crippen LogP contribution in [0.2, 0.25) is 9.36 Å². The molecule has 0 radical (unpaired) electrons. The number of hydrogen-bond donors (Lipinski definition) is 0. The molecule has 0 bridgehead atoms. The van der Waals surface area contributed by atoms with Gasteiger partial charge in [-0.2, -0.15) is 4.98 Å². The molecule has 0 aliphatic carbocycles. The average Bonchev–Trinajstić information content (AvgIpc) is 2.72. The van der Waals surface area contributed by atoms with E-state index >= 15 is 0 Å². The Labute approximate surface area is 129 Å². The summed E-state index contributed by atoms with van der Waals surface area (Å²) in [7, 11) is 1.69. The zero-order valence-electron chi connectivity index (χ0n) is 10.8. The van der Waals surface area contributed by atoms with Crippen LogP contribution in [0, 0.1) is 6.92 Å². The molecule has 0 aliphatic heterocycles. The van der Waals surface area contributed by atoms with Gasteiger partial charge in [0.25, 0.3) is 0 Å². The molecule has 102 valence electrons. The van der Waals surface area contributed by atoms with Crippen LogP contribution in [-0.2, 0) is 7.05 Å². The summed E-state index contributed by atoms with van der Waals surface area (Å²) in [5, 5.41) is 1.45. The highest BCUT2D eigenvalue weighted by molar-refractivity contribution is 7.22. The van der Waals surface area contributed by atoms with Crippen LogP contribution in [-0.4, -0.2) is 9.55 Å². The number of benzene rings is 1. The standard InChI is InChI=1S/C14H10Cl2N2OS/c1-7-10-11(8-5-3-4-6-9(8)15)17-14(19)18(2)13(10)20-12(7)16/h3-6H,1-2H3. The van der Waals surface area contributed by atoms with Crippen molar-refractivity contribution in [3.8, 4) is 11.3 Å². The van der Waals surface area contributed by atoms with Crippen molar-refractivity contribution in [1.82, 2.24) is 9.55 Å². The molecule has 0 fully saturated rings. The molecule has 20 heavy (non-hydrogen) atoms. The number of aromatic nitrogens is 2. The second-order valence-corrected chi connectivity index (χ2v) is 6.47. The van der Waals surface area contributed by atoms with Crippen molar-refractivity contribution >= 4 is 44.8 Å². The van der Waals surface area contributed by atoms with Crippen LogP contribution >= 0.6 is 34.5 Å². The highest BCUT2D eigenvalue weighted by Crippen LogP contribution is 2.39. The zero-order chi connectivity index (χ0) is 14.4. The lowest BCUT2D eigenvalue weighted by molar-refractivity contribution is 0.862. The van der Waals surface area contributed by atoms with Crippen LogP contribution in [0.4, 0.5) is 0 Å². The smallest absolute Gasteiger partial charge is 0.286 e. The molecule has 0 N–H and O–H groups in total. The Morgan fingerprint density at radius 2 is 1.95 bits per heavy atom. The lowest BCUT2D eigenvalue weighted by atomic mass is 10.1. The Morgan fingerprint density at radius 1 is 1.25 bits per heavy atom. The van der Waals surface area contributed by atoms with E-state index in [1.807, 2.05) is 25.1 Å². The van der Waals surface area contributed by atoms with E-state index in [0.29, 0.717) is 15.1 Å². The monoisotopic (exact) mass is 324 g/mol. The van der Waals surface area contributed by atoms with Crippen molar-refractivity contribution in [1.29, 1.82) is 0 Å². The van der Waals surface area contributed by atoms with Gasteiger partial charge in [0.1, 0.15) is 4.83 Å². The molecule has 3 aromatic rings. The molecule has 2 heterocycles. The highest BCUT2D eigenvalue weighted by atomic mass is 35.5. The summed E-state index contributed by atoms with van der Waals surface area (Å²) in [6, 6.07) is 7.35. The lowest BCUT2D eigenvalue weighted by Crippen LogP contribution is -2.20. The molecule has 0 saturated heterocycles. The first-order valence-corrected chi connectivity index (χ1v) is 7.48. The normalized spacial score (nSPS) is 11.2. The minimum absolute atomic E-state index is 0.315. The number of nitrogens with zero attached hydrogens (tertiary/aromatic N) is 2. The van der Waals surface area contributed by atoms with Gasteiger partial charge in [-0.05, 0) is 18.6 Å². The highest BCUT2D eigenvalue weighted by Gasteiger charge is 2.18. The SMILES string of the molecule is Cc1c(Cl)sc2c1c(-c1ccccc1Cl)nc(=O)n2C. The fraction of sp³-hybridized carbons (Fsp3) is 0.143. The Hall–Kier alpha value is -1.36. The fourth-order valence-electron chi connectivity index (χ4n) is 2.15. The Bertz CT molecular complexity index is 883. The zero-order valence-corrected chi connectivity index (χ0v) is 13.1. The summed E-state index contributed by atoms with van der Waals surface area (Å²) in [4.78, 5) is 17.0. The quantitative estimate of drug-likeness (QED) is 0.669. The summed E-state index contributed by atoms with van der Waals surface area (Å²) in [6.07, 6.45) is 0. The first-order valence-electron chi connectivity index (χ1n) is 5.91. The van der Waals surface area contributed by atoms with E-state index in [1.165, 1.54) is 15.9 Å². The molecule has 0 unspecified atom stereocenters. The third-order valence-electron chi connectivity index (χ3n) is 3.23. The van der Waals surface area contributed by atoms with Gasteiger partial charge in [0.05, 0.1) is 10.0 Å². The number of rotatable bonds is 1. The summed E-state index contributed by atoms with van der Waals surface area (Å²) in [5.41, 5.74) is 1.94. The van der Waals surface area contributed by atoms with Crippen LogP contribution in [0.1, 0.15) is 5.56 Å². The molecule has 0 atom stereocenters. The predicted octanol–water partition coefficient (Wildman–Crippen LogP) is 4.28. The maximum Gasteiger partial charge on any atom is 0.348 e. The van der Waals surface area contributed by atoms with Gasteiger partial charge in [-0.15, -0.1) is 11.3 Å². The molecule has 1 aromatic carbocycles. The van der Waals surface area contributed by atoms with Crippen molar-refractivity contribution in [3.63, 3.8) is 0 Å².